The number of aryl methyl sites for hydroxylation is 1. The van der Waals surface area contributed by atoms with Crippen LogP contribution in [-0.2, 0) is 9.53 Å². The van der Waals surface area contributed by atoms with Crippen LogP contribution in [0.3, 0.4) is 0 Å². The topological polar surface area (TPSA) is 58.6 Å². The van der Waals surface area contributed by atoms with Gasteiger partial charge in [0.05, 0.1) is 0 Å². The molecule has 5 nitrogen and oxygen atoms in total. The van der Waals surface area contributed by atoms with Crippen molar-refractivity contribution in [2.75, 3.05) is 18.5 Å². The van der Waals surface area contributed by atoms with Gasteiger partial charge >= 0.3 is 0 Å². The second-order valence-corrected chi connectivity index (χ2v) is 6.71. The summed E-state index contributed by atoms with van der Waals surface area (Å²) in [7, 11) is 0. The average molecular weight is 346 g/mol. The van der Waals surface area contributed by atoms with Crippen LogP contribution < -0.4 is 5.32 Å². The highest BCUT2D eigenvalue weighted by Gasteiger charge is 2.24. The van der Waals surface area contributed by atoms with Gasteiger partial charge in [-0.15, -0.1) is 0 Å². The first kappa shape index (κ1) is 19.4. The van der Waals surface area contributed by atoms with E-state index in [1.807, 2.05) is 37.8 Å². The number of rotatable bonds is 6. The molecule has 138 valence electrons. The van der Waals surface area contributed by atoms with Gasteiger partial charge in [-0.3, -0.25) is 9.59 Å². The standard InChI is InChI=1S/C20H30N2O3/c1-5-18(25-6-2)19(23)21-17-11-10-16(13-14(17)3)20(24)22-12-8-7-9-15(22)4/h10-11,13,15,18H,5-9,12H2,1-4H3,(H,21,23). The minimum atomic E-state index is -0.445. The van der Waals surface area contributed by atoms with Gasteiger partial charge in [-0.25, -0.2) is 0 Å². The van der Waals surface area contributed by atoms with Crippen molar-refractivity contribution in [2.45, 2.75) is 65.5 Å². The fourth-order valence-corrected chi connectivity index (χ4v) is 3.30. The molecule has 1 aliphatic heterocycles. The zero-order valence-corrected chi connectivity index (χ0v) is 15.8. The van der Waals surface area contributed by atoms with Crippen LogP contribution in [0.25, 0.3) is 0 Å². The van der Waals surface area contributed by atoms with Crippen LogP contribution in [0.5, 0.6) is 0 Å². The molecule has 2 rings (SSSR count). The summed E-state index contributed by atoms with van der Waals surface area (Å²) < 4.78 is 5.45. The Kier molecular flexibility index (Phi) is 7.00. The van der Waals surface area contributed by atoms with E-state index in [1.54, 1.807) is 6.07 Å². The molecule has 0 spiro atoms. The molecule has 0 radical (unpaired) electrons. The van der Waals surface area contributed by atoms with Crippen molar-refractivity contribution in [3.05, 3.63) is 29.3 Å². The molecule has 1 aromatic carbocycles. The molecular weight excluding hydrogens is 316 g/mol. The second kappa shape index (κ2) is 8.99. The molecule has 1 fully saturated rings. The van der Waals surface area contributed by atoms with E-state index in [1.165, 1.54) is 6.42 Å². The van der Waals surface area contributed by atoms with Gasteiger partial charge in [-0.05, 0) is 70.2 Å². The fourth-order valence-electron chi connectivity index (χ4n) is 3.30. The number of hydrogen-bond donors (Lipinski definition) is 1. The molecule has 1 N–H and O–H groups in total. The third-order valence-corrected chi connectivity index (χ3v) is 4.83. The van der Waals surface area contributed by atoms with Gasteiger partial charge in [0.15, 0.2) is 0 Å². The predicted molar refractivity (Wildman–Crippen MR) is 99.9 cm³/mol. The van der Waals surface area contributed by atoms with E-state index in [-0.39, 0.29) is 17.9 Å². The van der Waals surface area contributed by atoms with Crippen LogP contribution >= 0.6 is 0 Å². The zero-order chi connectivity index (χ0) is 18.4. The van der Waals surface area contributed by atoms with Crippen LogP contribution in [0.15, 0.2) is 18.2 Å². The number of ether oxygens (including phenoxy) is 1. The van der Waals surface area contributed by atoms with E-state index in [2.05, 4.69) is 12.2 Å². The molecule has 1 aliphatic rings. The summed E-state index contributed by atoms with van der Waals surface area (Å²) in [5.74, 6) is -0.0647. The summed E-state index contributed by atoms with van der Waals surface area (Å²) in [5.41, 5.74) is 2.29. The Hall–Kier alpha value is -1.88. The van der Waals surface area contributed by atoms with Crippen molar-refractivity contribution in [3.8, 4) is 0 Å². The van der Waals surface area contributed by atoms with Crippen LogP contribution in [-0.4, -0.2) is 42.0 Å². The number of benzene rings is 1. The lowest BCUT2D eigenvalue weighted by Gasteiger charge is -2.33. The molecule has 25 heavy (non-hydrogen) atoms. The summed E-state index contributed by atoms with van der Waals surface area (Å²) in [6.07, 6.45) is 3.50. The maximum absolute atomic E-state index is 12.8. The van der Waals surface area contributed by atoms with E-state index < -0.39 is 6.10 Å². The number of carbonyl (C=O) groups excluding carboxylic acids is 2. The van der Waals surface area contributed by atoms with E-state index >= 15 is 0 Å². The third-order valence-electron chi connectivity index (χ3n) is 4.83. The Morgan fingerprint density at radius 1 is 1.32 bits per heavy atom. The largest absolute Gasteiger partial charge is 0.369 e. The quantitative estimate of drug-likeness (QED) is 0.853. The first-order chi connectivity index (χ1) is 12.0. The van der Waals surface area contributed by atoms with Crippen molar-refractivity contribution in [3.63, 3.8) is 0 Å². The number of piperidine rings is 1. The summed E-state index contributed by atoms with van der Waals surface area (Å²) in [4.78, 5) is 27.0. The lowest BCUT2D eigenvalue weighted by Crippen LogP contribution is -2.42. The Bertz CT molecular complexity index is 615. The van der Waals surface area contributed by atoms with Gasteiger partial charge in [-0.1, -0.05) is 6.92 Å². The highest BCUT2D eigenvalue weighted by Crippen LogP contribution is 2.22. The Morgan fingerprint density at radius 3 is 2.68 bits per heavy atom. The van der Waals surface area contributed by atoms with E-state index in [4.69, 9.17) is 4.74 Å². The molecule has 1 aromatic rings. The molecule has 0 saturated carbocycles. The molecule has 2 unspecified atom stereocenters. The number of carbonyl (C=O) groups is 2. The maximum atomic E-state index is 12.8. The number of likely N-dealkylation sites (tertiary alicyclic amines) is 1. The van der Waals surface area contributed by atoms with Crippen LogP contribution in [0, 0.1) is 6.92 Å². The normalized spacial score (nSPS) is 18.7. The molecule has 0 aromatic heterocycles. The Balaban J connectivity index is 2.09. The number of hydrogen-bond acceptors (Lipinski definition) is 3. The average Bonchev–Trinajstić information content (AvgIpc) is 2.61. The molecule has 1 saturated heterocycles. The summed E-state index contributed by atoms with van der Waals surface area (Å²) in [6, 6.07) is 5.76. The number of anilines is 1. The minimum Gasteiger partial charge on any atom is -0.369 e. The fraction of sp³-hybridized carbons (Fsp3) is 0.600. The third kappa shape index (κ3) is 4.82. The molecular formula is C20H30N2O3. The lowest BCUT2D eigenvalue weighted by molar-refractivity contribution is -0.127. The highest BCUT2D eigenvalue weighted by atomic mass is 16.5. The van der Waals surface area contributed by atoms with E-state index in [9.17, 15) is 9.59 Å². The van der Waals surface area contributed by atoms with Gasteiger partial charge < -0.3 is 15.0 Å². The molecule has 1 heterocycles. The molecule has 2 atom stereocenters. The zero-order valence-electron chi connectivity index (χ0n) is 15.8. The highest BCUT2D eigenvalue weighted by molar-refractivity contribution is 5.97. The van der Waals surface area contributed by atoms with Crippen LogP contribution in [0.4, 0.5) is 5.69 Å². The van der Waals surface area contributed by atoms with Crippen molar-refractivity contribution < 1.29 is 14.3 Å². The molecule has 0 aliphatic carbocycles. The van der Waals surface area contributed by atoms with Crippen molar-refractivity contribution >= 4 is 17.5 Å². The Morgan fingerprint density at radius 2 is 2.08 bits per heavy atom. The minimum absolute atomic E-state index is 0.0777. The van der Waals surface area contributed by atoms with Gasteiger partial charge in [0, 0.05) is 30.4 Å². The van der Waals surface area contributed by atoms with Crippen molar-refractivity contribution in [1.82, 2.24) is 4.90 Å². The molecule has 2 amide bonds. The summed E-state index contributed by atoms with van der Waals surface area (Å²) >= 11 is 0. The van der Waals surface area contributed by atoms with Crippen molar-refractivity contribution in [2.24, 2.45) is 0 Å². The number of nitrogens with one attached hydrogen (secondary N) is 1. The SMILES string of the molecule is CCOC(CC)C(=O)Nc1ccc(C(=O)N2CCCCC2C)cc1C. The summed E-state index contributed by atoms with van der Waals surface area (Å²) in [6.45, 7) is 9.15. The van der Waals surface area contributed by atoms with Crippen LogP contribution in [0.1, 0.15) is 62.4 Å². The second-order valence-electron chi connectivity index (χ2n) is 6.71. The molecule has 0 bridgehead atoms. The lowest BCUT2D eigenvalue weighted by atomic mass is 10.0. The van der Waals surface area contributed by atoms with E-state index in [0.29, 0.717) is 18.6 Å². The smallest absolute Gasteiger partial charge is 0.254 e. The van der Waals surface area contributed by atoms with Crippen LogP contribution in [0.2, 0.25) is 0 Å². The maximum Gasteiger partial charge on any atom is 0.254 e. The first-order valence-electron chi connectivity index (χ1n) is 9.32. The molecule has 5 heteroatoms. The predicted octanol–water partition coefficient (Wildman–Crippen LogP) is 3.76. The number of nitrogens with zero attached hydrogens (tertiary/aromatic N) is 1. The number of amides is 2. The van der Waals surface area contributed by atoms with Gasteiger partial charge in [0.25, 0.3) is 11.8 Å². The Labute approximate surface area is 150 Å². The van der Waals surface area contributed by atoms with Gasteiger partial charge in [-0.2, -0.15) is 0 Å². The first-order valence-corrected chi connectivity index (χ1v) is 9.32. The van der Waals surface area contributed by atoms with Gasteiger partial charge in [0.2, 0.25) is 0 Å². The van der Waals surface area contributed by atoms with E-state index in [0.717, 1.165) is 30.6 Å². The monoisotopic (exact) mass is 346 g/mol. The van der Waals surface area contributed by atoms with Gasteiger partial charge in [0.1, 0.15) is 6.10 Å². The van der Waals surface area contributed by atoms with Crippen molar-refractivity contribution in [1.29, 1.82) is 0 Å². The summed E-state index contributed by atoms with van der Waals surface area (Å²) in [5, 5.41) is 2.91.